The summed E-state index contributed by atoms with van der Waals surface area (Å²) in [5, 5.41) is 14.6. The van der Waals surface area contributed by atoms with Gasteiger partial charge < -0.3 is 18.9 Å². The Bertz CT molecular complexity index is 1410. The number of pyridine rings is 2. The van der Waals surface area contributed by atoms with Crippen LogP contribution >= 0.6 is 0 Å². The first-order valence-electron chi connectivity index (χ1n) is 12.3. The SMILES string of the molecule is CCOc1cc(C(=O)O)ncc1-c1cn(C(C2CC2)C2CC2)c2ncc(-c3c(C)noc3C)cc12. The minimum absolute atomic E-state index is 0.0377. The van der Waals surface area contributed by atoms with Gasteiger partial charge in [0.1, 0.15) is 17.2 Å². The first kappa shape index (κ1) is 21.8. The smallest absolute Gasteiger partial charge is 0.354 e. The average Bonchev–Trinajstić information content (AvgIpc) is 3.77. The molecule has 0 unspecified atom stereocenters. The van der Waals surface area contributed by atoms with Crippen LogP contribution in [0.2, 0.25) is 0 Å². The van der Waals surface area contributed by atoms with E-state index in [1.54, 1.807) is 6.20 Å². The normalized spacial score (nSPS) is 15.8. The van der Waals surface area contributed by atoms with Crippen LogP contribution in [0.3, 0.4) is 0 Å². The number of rotatable bonds is 8. The highest BCUT2D eigenvalue weighted by molar-refractivity contribution is 5.98. The number of aromatic nitrogens is 4. The quantitative estimate of drug-likeness (QED) is 0.344. The molecule has 0 aromatic carbocycles. The van der Waals surface area contributed by atoms with Gasteiger partial charge in [-0.1, -0.05) is 5.16 Å². The van der Waals surface area contributed by atoms with Crippen LogP contribution in [0.1, 0.15) is 60.6 Å². The van der Waals surface area contributed by atoms with E-state index in [2.05, 4.69) is 27.0 Å². The highest BCUT2D eigenvalue weighted by Crippen LogP contribution is 2.53. The molecule has 2 fully saturated rings. The van der Waals surface area contributed by atoms with Crippen LogP contribution in [0, 0.1) is 25.7 Å². The molecule has 2 saturated carbocycles. The van der Waals surface area contributed by atoms with Crippen LogP contribution in [0.4, 0.5) is 0 Å². The largest absolute Gasteiger partial charge is 0.493 e. The van der Waals surface area contributed by atoms with E-state index in [-0.39, 0.29) is 5.69 Å². The molecule has 35 heavy (non-hydrogen) atoms. The minimum Gasteiger partial charge on any atom is -0.493 e. The third-order valence-corrected chi connectivity index (χ3v) is 7.20. The second-order valence-corrected chi connectivity index (χ2v) is 9.71. The number of carbonyl (C=O) groups is 1. The van der Waals surface area contributed by atoms with Crippen molar-refractivity contribution in [2.45, 2.75) is 52.5 Å². The molecule has 0 amide bonds. The Morgan fingerprint density at radius 1 is 1.14 bits per heavy atom. The van der Waals surface area contributed by atoms with Crippen molar-refractivity contribution in [2.75, 3.05) is 6.61 Å². The molecule has 2 aliphatic rings. The Kier molecular flexibility index (Phi) is 5.12. The Morgan fingerprint density at radius 3 is 2.49 bits per heavy atom. The van der Waals surface area contributed by atoms with Gasteiger partial charge in [0, 0.05) is 58.3 Å². The molecule has 0 bridgehead atoms. The van der Waals surface area contributed by atoms with Crippen molar-refractivity contribution >= 4 is 17.0 Å². The molecule has 0 radical (unpaired) electrons. The van der Waals surface area contributed by atoms with E-state index in [0.29, 0.717) is 30.2 Å². The van der Waals surface area contributed by atoms with Gasteiger partial charge in [-0.05, 0) is 64.4 Å². The van der Waals surface area contributed by atoms with Crippen LogP contribution in [-0.2, 0) is 0 Å². The number of carboxylic acid groups (broad SMARTS) is 1. The summed E-state index contributed by atoms with van der Waals surface area (Å²) >= 11 is 0. The number of fused-ring (bicyclic) bond motifs is 1. The molecular weight excluding hydrogens is 444 g/mol. The summed E-state index contributed by atoms with van der Waals surface area (Å²) in [5.74, 6) is 1.56. The molecule has 8 nitrogen and oxygen atoms in total. The van der Waals surface area contributed by atoms with Crippen LogP contribution < -0.4 is 4.74 Å². The number of ether oxygens (including phenoxy) is 1. The molecule has 0 spiro atoms. The van der Waals surface area contributed by atoms with Gasteiger partial charge in [0.05, 0.1) is 12.3 Å². The van der Waals surface area contributed by atoms with Crippen LogP contribution in [0.15, 0.2) is 35.2 Å². The van der Waals surface area contributed by atoms with Gasteiger partial charge in [0.25, 0.3) is 0 Å². The zero-order valence-corrected chi connectivity index (χ0v) is 20.1. The predicted octanol–water partition coefficient (Wildman–Crippen LogP) is 5.83. The molecule has 0 aliphatic heterocycles. The van der Waals surface area contributed by atoms with Gasteiger partial charge in [-0.3, -0.25) is 0 Å². The fourth-order valence-corrected chi connectivity index (χ4v) is 5.35. The predicted molar refractivity (Wildman–Crippen MR) is 131 cm³/mol. The van der Waals surface area contributed by atoms with Gasteiger partial charge in [-0.25, -0.2) is 14.8 Å². The summed E-state index contributed by atoms with van der Waals surface area (Å²) < 4.78 is 13.7. The van der Waals surface area contributed by atoms with Crippen molar-refractivity contribution in [2.24, 2.45) is 11.8 Å². The maximum absolute atomic E-state index is 11.6. The lowest BCUT2D eigenvalue weighted by Gasteiger charge is -2.18. The summed E-state index contributed by atoms with van der Waals surface area (Å²) in [7, 11) is 0. The Hall–Kier alpha value is -3.68. The fraction of sp³-hybridized carbons (Fsp3) is 0.407. The summed E-state index contributed by atoms with van der Waals surface area (Å²) in [6.07, 6.45) is 10.7. The maximum atomic E-state index is 11.6. The lowest BCUT2D eigenvalue weighted by molar-refractivity contribution is 0.0690. The topological polar surface area (TPSA) is 103 Å². The number of carboxylic acids is 1. The molecule has 0 atom stereocenters. The van der Waals surface area contributed by atoms with E-state index in [1.807, 2.05) is 27.0 Å². The Balaban J connectivity index is 1.59. The molecule has 1 N–H and O–H groups in total. The molecule has 4 aromatic heterocycles. The third-order valence-electron chi connectivity index (χ3n) is 7.20. The molecule has 8 heteroatoms. The number of hydrogen-bond donors (Lipinski definition) is 1. The number of aromatic carboxylic acids is 1. The lowest BCUT2D eigenvalue weighted by Crippen LogP contribution is -2.13. The van der Waals surface area contributed by atoms with Crippen molar-refractivity contribution in [1.82, 2.24) is 19.7 Å². The molecule has 0 saturated heterocycles. The second-order valence-electron chi connectivity index (χ2n) is 9.71. The second kappa shape index (κ2) is 8.22. The number of hydrogen-bond acceptors (Lipinski definition) is 6. The van der Waals surface area contributed by atoms with E-state index in [1.165, 1.54) is 31.7 Å². The van der Waals surface area contributed by atoms with Gasteiger partial charge in [-0.2, -0.15) is 0 Å². The van der Waals surface area contributed by atoms with Crippen molar-refractivity contribution in [1.29, 1.82) is 0 Å². The first-order chi connectivity index (χ1) is 17.0. The number of nitrogens with zero attached hydrogens (tertiary/aromatic N) is 4. The first-order valence-corrected chi connectivity index (χ1v) is 12.3. The molecule has 4 aromatic rings. The highest BCUT2D eigenvalue weighted by atomic mass is 16.5. The molecule has 2 aliphatic carbocycles. The van der Waals surface area contributed by atoms with Gasteiger partial charge in [0.2, 0.25) is 0 Å². The summed E-state index contributed by atoms with van der Waals surface area (Å²) in [6, 6.07) is 4.08. The summed E-state index contributed by atoms with van der Waals surface area (Å²) in [6.45, 7) is 6.15. The van der Waals surface area contributed by atoms with E-state index < -0.39 is 5.97 Å². The van der Waals surface area contributed by atoms with Crippen molar-refractivity contribution in [3.63, 3.8) is 0 Å². The average molecular weight is 473 g/mol. The van der Waals surface area contributed by atoms with E-state index in [4.69, 9.17) is 14.2 Å². The van der Waals surface area contributed by atoms with Crippen LogP contribution in [-0.4, -0.2) is 37.4 Å². The Morgan fingerprint density at radius 2 is 1.89 bits per heavy atom. The van der Waals surface area contributed by atoms with Crippen molar-refractivity contribution < 1.29 is 19.2 Å². The van der Waals surface area contributed by atoms with Crippen molar-refractivity contribution in [3.05, 3.63) is 47.9 Å². The molecule has 4 heterocycles. The lowest BCUT2D eigenvalue weighted by atomic mass is 10.0. The molecule has 180 valence electrons. The molecule has 6 rings (SSSR count). The van der Waals surface area contributed by atoms with E-state index in [9.17, 15) is 9.90 Å². The zero-order chi connectivity index (χ0) is 24.3. The summed E-state index contributed by atoms with van der Waals surface area (Å²) in [4.78, 5) is 20.8. The highest BCUT2D eigenvalue weighted by Gasteiger charge is 2.43. The van der Waals surface area contributed by atoms with E-state index in [0.717, 1.165) is 44.7 Å². The third kappa shape index (κ3) is 3.77. The minimum atomic E-state index is -1.08. The van der Waals surface area contributed by atoms with Crippen LogP contribution in [0.25, 0.3) is 33.3 Å². The number of aryl methyl sites for hydroxylation is 2. The zero-order valence-electron chi connectivity index (χ0n) is 20.1. The van der Waals surface area contributed by atoms with Crippen molar-refractivity contribution in [3.8, 4) is 28.0 Å². The van der Waals surface area contributed by atoms with Gasteiger partial charge in [0.15, 0.2) is 5.69 Å². The molecular formula is C27H28N4O4. The monoisotopic (exact) mass is 472 g/mol. The fourth-order valence-electron chi connectivity index (χ4n) is 5.35. The van der Waals surface area contributed by atoms with Gasteiger partial charge >= 0.3 is 5.97 Å². The van der Waals surface area contributed by atoms with Crippen LogP contribution in [0.5, 0.6) is 5.75 Å². The van der Waals surface area contributed by atoms with Gasteiger partial charge in [-0.15, -0.1) is 0 Å². The van der Waals surface area contributed by atoms with E-state index >= 15 is 0 Å². The standard InChI is InChI=1S/C27H28N4O4/c1-4-34-23-10-22(27(32)33)28-12-20(23)21-13-31(25(16-5-6-16)17-7-8-17)26-19(21)9-18(11-29-26)24-14(2)30-35-15(24)3/h9-13,16-17,25H,4-8H2,1-3H3,(H,32,33). The summed E-state index contributed by atoms with van der Waals surface area (Å²) in [5.41, 5.74) is 5.32. The maximum Gasteiger partial charge on any atom is 0.354 e. The Labute approximate surface area is 202 Å².